The van der Waals surface area contributed by atoms with E-state index in [0.717, 1.165) is 0 Å². The van der Waals surface area contributed by atoms with Gasteiger partial charge in [0.15, 0.2) is 0 Å². The molecule has 0 aliphatic carbocycles. The van der Waals surface area contributed by atoms with Crippen LogP contribution in [0.1, 0.15) is 25.7 Å². The predicted molar refractivity (Wildman–Crippen MR) is 41.6 cm³/mol. The molecular weight excluding hydrogens is 302 g/mol. The van der Waals surface area contributed by atoms with Crippen molar-refractivity contribution in [2.24, 2.45) is 0 Å². The average Bonchev–Trinajstić information content (AvgIpc) is 2.09. The molecule has 0 unspecified atom stereocenters. The number of ether oxygens (including phenoxy) is 1. The van der Waals surface area contributed by atoms with Gasteiger partial charge in [-0.3, -0.25) is 4.74 Å². The molecule has 0 atom stereocenters. The zero-order chi connectivity index (χ0) is 15.5. The van der Waals surface area contributed by atoms with Gasteiger partial charge in [0, 0.05) is 12.8 Å². The molecule has 116 valence electrons. The van der Waals surface area contributed by atoms with Gasteiger partial charge in [0.2, 0.25) is 0 Å². The van der Waals surface area contributed by atoms with Crippen molar-refractivity contribution in [2.45, 2.75) is 50.3 Å². The molecule has 0 N–H and O–H groups in total. The fourth-order valence-corrected chi connectivity index (χ4v) is 0.895. The van der Waals surface area contributed by atoms with E-state index in [4.69, 9.17) is 0 Å². The second-order valence-electron chi connectivity index (χ2n) is 3.61. The Morgan fingerprint density at radius 3 is 0.947 bits per heavy atom. The molecule has 0 fully saturated rings. The molecule has 0 aromatic carbocycles. The van der Waals surface area contributed by atoms with Gasteiger partial charge >= 0.3 is 24.6 Å². The number of hydrogen-bond donors (Lipinski definition) is 0. The highest BCUT2D eigenvalue weighted by molar-refractivity contribution is 4.65. The summed E-state index contributed by atoms with van der Waals surface area (Å²) >= 11 is 0. The Labute approximate surface area is 100 Å². The van der Waals surface area contributed by atoms with Gasteiger partial charge < -0.3 is 0 Å². The van der Waals surface area contributed by atoms with E-state index in [0.29, 0.717) is 0 Å². The van der Waals surface area contributed by atoms with Gasteiger partial charge in [-0.25, -0.2) is 0 Å². The van der Waals surface area contributed by atoms with E-state index in [-0.39, 0.29) is 0 Å². The molecule has 0 rings (SSSR count). The summed E-state index contributed by atoms with van der Waals surface area (Å²) in [4.78, 5) is 0. The van der Waals surface area contributed by atoms with Gasteiger partial charge in [0.1, 0.15) is 0 Å². The summed E-state index contributed by atoms with van der Waals surface area (Å²) in [6, 6.07) is 0. The molecule has 11 heteroatoms. The van der Waals surface area contributed by atoms with Crippen LogP contribution in [0.15, 0.2) is 0 Å². The molecule has 0 heterocycles. The van der Waals surface area contributed by atoms with E-state index in [9.17, 15) is 43.9 Å². The zero-order valence-electron chi connectivity index (χ0n) is 9.02. The third-order valence-corrected chi connectivity index (χ3v) is 1.70. The Hall–Kier alpha value is -0.740. The van der Waals surface area contributed by atoms with Crippen LogP contribution in [0, 0.1) is 0 Å². The third kappa shape index (κ3) is 10.8. The summed E-state index contributed by atoms with van der Waals surface area (Å²) in [6.45, 7) is 0. The van der Waals surface area contributed by atoms with E-state index in [2.05, 4.69) is 4.74 Å². The minimum atomic E-state index is -5.02. The predicted octanol–water partition coefficient (Wildman–Crippen LogP) is 4.87. The Kier molecular flexibility index (Phi) is 5.49. The van der Waals surface area contributed by atoms with Gasteiger partial charge in [-0.1, -0.05) is 0 Å². The van der Waals surface area contributed by atoms with Crippen LogP contribution < -0.4 is 0 Å². The lowest BCUT2D eigenvalue weighted by Crippen LogP contribution is -2.35. The first kappa shape index (κ1) is 18.3. The SMILES string of the molecule is FC(F)(F)CCC(F)(F)OC(F)(F)CCC(F)(F)F. The molecule has 0 spiro atoms. The van der Waals surface area contributed by atoms with Gasteiger partial charge in [-0.15, -0.1) is 0 Å². The Bertz CT molecular complexity index is 250. The number of hydrogen-bond acceptors (Lipinski definition) is 1. The highest BCUT2D eigenvalue weighted by Crippen LogP contribution is 2.37. The van der Waals surface area contributed by atoms with Crippen LogP contribution in [0.3, 0.4) is 0 Å². The lowest BCUT2D eigenvalue weighted by molar-refractivity contribution is -0.384. The molecule has 0 aromatic rings. The molecule has 19 heavy (non-hydrogen) atoms. The fourth-order valence-electron chi connectivity index (χ4n) is 0.895. The van der Waals surface area contributed by atoms with Crippen molar-refractivity contribution in [3.8, 4) is 0 Å². The normalized spacial score (nSPS) is 14.8. The molecule has 0 saturated heterocycles. The van der Waals surface area contributed by atoms with Gasteiger partial charge in [-0.05, 0) is 0 Å². The second kappa shape index (κ2) is 5.71. The summed E-state index contributed by atoms with van der Waals surface area (Å²) in [5.74, 6) is 0. The summed E-state index contributed by atoms with van der Waals surface area (Å²) in [5, 5.41) is 0. The molecule has 0 radical (unpaired) electrons. The van der Waals surface area contributed by atoms with Crippen LogP contribution in [0.4, 0.5) is 43.9 Å². The topological polar surface area (TPSA) is 9.23 Å². The number of alkyl halides is 10. The van der Waals surface area contributed by atoms with E-state index in [1.807, 2.05) is 0 Å². The fraction of sp³-hybridized carbons (Fsp3) is 1.00. The molecule has 0 aromatic heterocycles. The maximum Gasteiger partial charge on any atom is 0.389 e. The van der Waals surface area contributed by atoms with Crippen LogP contribution in [0.5, 0.6) is 0 Å². The summed E-state index contributed by atoms with van der Waals surface area (Å²) in [7, 11) is 0. The summed E-state index contributed by atoms with van der Waals surface area (Å²) in [5.41, 5.74) is 0. The van der Waals surface area contributed by atoms with Crippen molar-refractivity contribution in [3.05, 3.63) is 0 Å². The first-order valence-corrected chi connectivity index (χ1v) is 4.71. The van der Waals surface area contributed by atoms with Crippen molar-refractivity contribution in [3.63, 3.8) is 0 Å². The zero-order valence-corrected chi connectivity index (χ0v) is 9.02. The largest absolute Gasteiger partial charge is 0.389 e. The quantitative estimate of drug-likeness (QED) is 0.636. The summed E-state index contributed by atoms with van der Waals surface area (Å²) in [6.07, 6.45) is -28.2. The van der Waals surface area contributed by atoms with E-state index < -0.39 is 50.3 Å². The number of rotatable bonds is 6. The molecule has 0 amide bonds. The standard InChI is InChI=1S/C8H8F10O/c9-5(10,11)1-3-7(15,16)19-8(17,18)4-2-6(12,13)14/h1-4H2. The molecule has 0 aliphatic rings. The van der Waals surface area contributed by atoms with E-state index >= 15 is 0 Å². The highest BCUT2D eigenvalue weighted by Gasteiger charge is 2.47. The minimum absolute atomic E-state index is 2.10. The van der Waals surface area contributed by atoms with Crippen LogP contribution in [-0.4, -0.2) is 24.6 Å². The van der Waals surface area contributed by atoms with Gasteiger partial charge in [-0.2, -0.15) is 43.9 Å². The molecule has 0 aliphatic heterocycles. The van der Waals surface area contributed by atoms with Crippen molar-refractivity contribution in [1.82, 2.24) is 0 Å². The van der Waals surface area contributed by atoms with Gasteiger partial charge in [0.25, 0.3) is 0 Å². The van der Waals surface area contributed by atoms with E-state index in [1.54, 1.807) is 0 Å². The molecule has 1 nitrogen and oxygen atoms in total. The second-order valence-corrected chi connectivity index (χ2v) is 3.61. The van der Waals surface area contributed by atoms with Crippen LogP contribution >= 0.6 is 0 Å². The lowest BCUT2D eigenvalue weighted by Gasteiger charge is -2.24. The van der Waals surface area contributed by atoms with Gasteiger partial charge in [0.05, 0.1) is 12.8 Å². The van der Waals surface area contributed by atoms with Crippen molar-refractivity contribution >= 4 is 0 Å². The Balaban J connectivity index is 4.37. The molecule has 0 saturated carbocycles. The first-order valence-electron chi connectivity index (χ1n) is 4.71. The molecular formula is C8H8F10O. The third-order valence-electron chi connectivity index (χ3n) is 1.70. The van der Waals surface area contributed by atoms with Crippen LogP contribution in [0.25, 0.3) is 0 Å². The minimum Gasteiger partial charge on any atom is -0.255 e. The van der Waals surface area contributed by atoms with Crippen LogP contribution in [-0.2, 0) is 4.74 Å². The highest BCUT2D eigenvalue weighted by atomic mass is 19.4. The van der Waals surface area contributed by atoms with Crippen molar-refractivity contribution in [1.29, 1.82) is 0 Å². The maximum absolute atomic E-state index is 12.6. The number of halogens is 10. The Morgan fingerprint density at radius 2 is 0.737 bits per heavy atom. The van der Waals surface area contributed by atoms with Crippen molar-refractivity contribution in [2.75, 3.05) is 0 Å². The monoisotopic (exact) mass is 310 g/mol. The average molecular weight is 310 g/mol. The lowest BCUT2D eigenvalue weighted by atomic mass is 10.2. The molecule has 0 bridgehead atoms. The first-order chi connectivity index (χ1) is 8.12. The summed E-state index contributed by atoms with van der Waals surface area (Å²) < 4.78 is 123. The maximum atomic E-state index is 12.6. The smallest absolute Gasteiger partial charge is 0.255 e. The van der Waals surface area contributed by atoms with Crippen LogP contribution in [0.2, 0.25) is 0 Å². The Morgan fingerprint density at radius 1 is 0.474 bits per heavy atom. The van der Waals surface area contributed by atoms with E-state index in [1.165, 1.54) is 0 Å². The van der Waals surface area contributed by atoms with Crippen molar-refractivity contribution < 1.29 is 48.6 Å².